The first-order valence-corrected chi connectivity index (χ1v) is 2.74. The van der Waals surface area contributed by atoms with Gasteiger partial charge in [0.05, 0.1) is 6.61 Å². The predicted octanol–water partition coefficient (Wildman–Crippen LogP) is 0.190. The SMILES string of the molecule is CCOC(=O)/C(O)=C/C=O. The topological polar surface area (TPSA) is 63.6 Å². The molecule has 0 bridgehead atoms. The molecule has 0 aromatic carbocycles. The molecule has 1 N–H and O–H groups in total. The van der Waals surface area contributed by atoms with Crippen molar-refractivity contribution in [1.82, 2.24) is 0 Å². The highest BCUT2D eigenvalue weighted by Gasteiger charge is 2.05. The third-order valence-electron chi connectivity index (χ3n) is 0.710. The molecule has 0 spiro atoms. The first kappa shape index (κ1) is 8.68. The molecule has 0 heterocycles. The number of esters is 1. The van der Waals surface area contributed by atoms with Crippen LogP contribution in [0.15, 0.2) is 11.8 Å². The van der Waals surface area contributed by atoms with E-state index in [4.69, 9.17) is 5.11 Å². The number of aldehydes is 1. The molecule has 0 amide bonds. The van der Waals surface area contributed by atoms with Gasteiger partial charge >= 0.3 is 5.97 Å². The molecule has 0 aromatic rings. The van der Waals surface area contributed by atoms with Crippen LogP contribution < -0.4 is 0 Å². The molecule has 0 saturated carbocycles. The van der Waals surface area contributed by atoms with Gasteiger partial charge in [0.2, 0.25) is 5.76 Å². The summed E-state index contributed by atoms with van der Waals surface area (Å²) in [6.45, 7) is 1.78. The summed E-state index contributed by atoms with van der Waals surface area (Å²) in [5.41, 5.74) is 0. The number of aliphatic hydroxyl groups is 1. The maximum Gasteiger partial charge on any atom is 0.373 e. The average Bonchev–Trinajstić information content (AvgIpc) is 1.89. The number of rotatable bonds is 3. The summed E-state index contributed by atoms with van der Waals surface area (Å²) in [6, 6.07) is 0. The Hall–Kier alpha value is -1.32. The first-order valence-electron chi connectivity index (χ1n) is 2.74. The second-order valence-electron chi connectivity index (χ2n) is 1.41. The van der Waals surface area contributed by atoms with Crippen molar-refractivity contribution in [2.45, 2.75) is 6.92 Å². The van der Waals surface area contributed by atoms with Crippen LogP contribution in [0, 0.1) is 0 Å². The van der Waals surface area contributed by atoms with Gasteiger partial charge in [-0.05, 0) is 6.92 Å². The quantitative estimate of drug-likeness (QED) is 0.266. The summed E-state index contributed by atoms with van der Waals surface area (Å²) in [4.78, 5) is 20.1. The maximum atomic E-state index is 10.4. The average molecular weight is 144 g/mol. The number of carbonyl (C=O) groups excluding carboxylic acids is 2. The molecule has 0 radical (unpaired) electrons. The molecule has 0 aliphatic rings. The molecule has 10 heavy (non-hydrogen) atoms. The Bertz CT molecular complexity index is 159. The molecule has 4 heteroatoms. The van der Waals surface area contributed by atoms with Crippen molar-refractivity contribution in [3.63, 3.8) is 0 Å². The predicted molar refractivity (Wildman–Crippen MR) is 33.4 cm³/mol. The summed E-state index contributed by atoms with van der Waals surface area (Å²) >= 11 is 0. The molecular weight excluding hydrogens is 136 g/mol. The maximum absolute atomic E-state index is 10.4. The van der Waals surface area contributed by atoms with Gasteiger partial charge in [0.1, 0.15) is 6.29 Å². The molecule has 0 aromatic heterocycles. The van der Waals surface area contributed by atoms with Gasteiger partial charge in [-0.1, -0.05) is 0 Å². The Balaban J connectivity index is 3.93. The van der Waals surface area contributed by atoms with Crippen molar-refractivity contribution in [2.24, 2.45) is 0 Å². The largest absolute Gasteiger partial charge is 0.502 e. The summed E-state index contributed by atoms with van der Waals surface area (Å²) in [6.07, 6.45) is 1.05. The Morgan fingerprint density at radius 1 is 1.70 bits per heavy atom. The van der Waals surface area contributed by atoms with Crippen molar-refractivity contribution in [3.8, 4) is 0 Å². The highest BCUT2D eigenvalue weighted by atomic mass is 16.5. The van der Waals surface area contributed by atoms with Crippen LogP contribution in [0.25, 0.3) is 0 Å². The molecule has 56 valence electrons. The molecule has 0 atom stereocenters. The van der Waals surface area contributed by atoms with Gasteiger partial charge in [-0.25, -0.2) is 4.79 Å². The van der Waals surface area contributed by atoms with Crippen LogP contribution >= 0.6 is 0 Å². The van der Waals surface area contributed by atoms with Gasteiger partial charge < -0.3 is 9.84 Å². The fraction of sp³-hybridized carbons (Fsp3) is 0.333. The van der Waals surface area contributed by atoms with Crippen molar-refractivity contribution in [3.05, 3.63) is 11.8 Å². The highest BCUT2D eigenvalue weighted by Crippen LogP contribution is 1.90. The number of hydrogen-bond donors (Lipinski definition) is 1. The van der Waals surface area contributed by atoms with Crippen LogP contribution in [0.3, 0.4) is 0 Å². The Morgan fingerprint density at radius 2 is 2.30 bits per heavy atom. The first-order chi connectivity index (χ1) is 4.72. The molecule has 0 aliphatic carbocycles. The third kappa shape index (κ3) is 2.86. The summed E-state index contributed by atoms with van der Waals surface area (Å²) in [5.74, 6) is -1.55. The molecule has 0 rings (SSSR count). The Labute approximate surface area is 58.1 Å². The zero-order valence-electron chi connectivity index (χ0n) is 5.53. The van der Waals surface area contributed by atoms with Gasteiger partial charge in [0.15, 0.2) is 0 Å². The van der Waals surface area contributed by atoms with Gasteiger partial charge in [-0.15, -0.1) is 0 Å². The fourth-order valence-corrected chi connectivity index (χ4v) is 0.338. The van der Waals surface area contributed by atoms with Crippen LogP contribution in [0.4, 0.5) is 0 Å². The third-order valence-corrected chi connectivity index (χ3v) is 0.710. The van der Waals surface area contributed by atoms with Crippen molar-refractivity contribution < 1.29 is 19.4 Å². The molecule has 4 nitrogen and oxygen atoms in total. The normalized spacial score (nSPS) is 10.7. The monoisotopic (exact) mass is 144 g/mol. The van der Waals surface area contributed by atoms with E-state index in [0.717, 1.165) is 6.08 Å². The Kier molecular flexibility index (Phi) is 3.95. The van der Waals surface area contributed by atoms with Gasteiger partial charge in [-0.2, -0.15) is 0 Å². The van der Waals surface area contributed by atoms with Crippen LogP contribution in [0.2, 0.25) is 0 Å². The summed E-state index contributed by atoms with van der Waals surface area (Å²) in [7, 11) is 0. The summed E-state index contributed by atoms with van der Waals surface area (Å²) < 4.78 is 4.34. The standard InChI is InChI=1S/C6H8O4/c1-2-10-6(9)5(8)3-4-7/h3-4,8H,2H2,1H3/b5-3-. The van der Waals surface area contributed by atoms with E-state index in [9.17, 15) is 9.59 Å². The summed E-state index contributed by atoms with van der Waals surface area (Å²) in [5, 5.41) is 8.60. The zero-order valence-corrected chi connectivity index (χ0v) is 5.53. The molecule has 0 fully saturated rings. The number of hydrogen-bond acceptors (Lipinski definition) is 4. The lowest BCUT2D eigenvalue weighted by molar-refractivity contribution is -0.141. The lowest BCUT2D eigenvalue weighted by atomic mass is 10.5. The minimum atomic E-state index is -0.880. The minimum absolute atomic E-state index is 0.176. The van der Waals surface area contributed by atoms with E-state index < -0.39 is 11.7 Å². The van der Waals surface area contributed by atoms with E-state index in [2.05, 4.69) is 4.74 Å². The van der Waals surface area contributed by atoms with Crippen LogP contribution in [0.5, 0.6) is 0 Å². The van der Waals surface area contributed by atoms with E-state index in [1.807, 2.05) is 0 Å². The second-order valence-corrected chi connectivity index (χ2v) is 1.41. The second kappa shape index (κ2) is 4.55. The fourth-order valence-electron chi connectivity index (χ4n) is 0.338. The van der Waals surface area contributed by atoms with E-state index in [1.165, 1.54) is 0 Å². The van der Waals surface area contributed by atoms with Gasteiger partial charge in [0.25, 0.3) is 0 Å². The number of carbonyl (C=O) groups is 2. The van der Waals surface area contributed by atoms with Gasteiger partial charge in [-0.3, -0.25) is 4.79 Å². The van der Waals surface area contributed by atoms with Crippen molar-refractivity contribution in [2.75, 3.05) is 6.61 Å². The van der Waals surface area contributed by atoms with Crippen molar-refractivity contribution >= 4 is 12.3 Å². The lowest BCUT2D eigenvalue weighted by Gasteiger charge is -1.96. The number of ether oxygens (including phenoxy) is 1. The van der Waals surface area contributed by atoms with E-state index in [-0.39, 0.29) is 6.61 Å². The zero-order chi connectivity index (χ0) is 7.98. The van der Waals surface area contributed by atoms with Crippen LogP contribution in [-0.2, 0) is 14.3 Å². The Morgan fingerprint density at radius 3 is 2.70 bits per heavy atom. The molecule has 0 saturated heterocycles. The van der Waals surface area contributed by atoms with Crippen LogP contribution in [0.1, 0.15) is 6.92 Å². The van der Waals surface area contributed by atoms with Crippen molar-refractivity contribution in [1.29, 1.82) is 0 Å². The van der Waals surface area contributed by atoms with E-state index in [1.54, 1.807) is 6.92 Å². The number of aliphatic hydroxyl groups excluding tert-OH is 1. The molecular formula is C6H8O4. The molecule has 0 unspecified atom stereocenters. The van der Waals surface area contributed by atoms with Gasteiger partial charge in [0, 0.05) is 6.08 Å². The van der Waals surface area contributed by atoms with Crippen LogP contribution in [-0.4, -0.2) is 24.0 Å². The minimum Gasteiger partial charge on any atom is -0.502 e. The lowest BCUT2D eigenvalue weighted by Crippen LogP contribution is -2.06. The number of allylic oxidation sites excluding steroid dienone is 1. The highest BCUT2D eigenvalue weighted by molar-refractivity contribution is 5.89. The molecule has 0 aliphatic heterocycles. The smallest absolute Gasteiger partial charge is 0.373 e. The van der Waals surface area contributed by atoms with E-state index >= 15 is 0 Å². The van der Waals surface area contributed by atoms with E-state index in [0.29, 0.717) is 6.29 Å².